The molecule has 9 nitrogen and oxygen atoms in total. The fraction of sp³-hybridized carbons (Fsp3) is 0.462. The zero-order valence-electron chi connectivity index (χ0n) is 19.5. The van der Waals surface area contributed by atoms with Crippen molar-refractivity contribution in [2.24, 2.45) is 5.73 Å². The quantitative estimate of drug-likeness (QED) is 0.374. The molecule has 1 fully saturated rings. The average Bonchev–Trinajstić information content (AvgIpc) is 2.80. The van der Waals surface area contributed by atoms with E-state index < -0.39 is 53.6 Å². The van der Waals surface area contributed by atoms with Crippen molar-refractivity contribution in [2.75, 3.05) is 0 Å². The summed E-state index contributed by atoms with van der Waals surface area (Å²) in [5.74, 6) is -1.89. The number of phenols is 2. The second kappa shape index (κ2) is 8.39. The van der Waals surface area contributed by atoms with Crippen LogP contribution in [0.3, 0.4) is 0 Å². The molecule has 1 aliphatic heterocycles. The molecule has 35 heavy (non-hydrogen) atoms. The summed E-state index contributed by atoms with van der Waals surface area (Å²) in [6, 6.07) is 5.22. The van der Waals surface area contributed by atoms with E-state index in [0.29, 0.717) is 17.5 Å². The van der Waals surface area contributed by atoms with E-state index in [1.807, 2.05) is 6.92 Å². The molecule has 0 amide bonds. The average molecular weight is 484 g/mol. The maximum Gasteiger partial charge on any atom is 0.201 e. The van der Waals surface area contributed by atoms with Gasteiger partial charge >= 0.3 is 0 Å². The fourth-order valence-corrected chi connectivity index (χ4v) is 5.51. The predicted octanol–water partition coefficient (Wildman–Crippen LogP) is 1.84. The number of fused-ring (bicyclic) bond motifs is 3. The van der Waals surface area contributed by atoms with E-state index in [9.17, 15) is 30.0 Å². The van der Waals surface area contributed by atoms with Crippen molar-refractivity contribution in [3.8, 4) is 11.5 Å². The number of aliphatic hydroxyl groups is 2. The summed E-state index contributed by atoms with van der Waals surface area (Å²) in [6.45, 7) is 3.51. The molecule has 6 N–H and O–H groups in total. The van der Waals surface area contributed by atoms with Crippen LogP contribution >= 0.6 is 0 Å². The van der Waals surface area contributed by atoms with Crippen LogP contribution in [-0.2, 0) is 15.9 Å². The highest BCUT2D eigenvalue weighted by Crippen LogP contribution is 2.49. The third kappa shape index (κ3) is 3.75. The number of rotatable bonds is 3. The zero-order valence-corrected chi connectivity index (χ0v) is 19.5. The van der Waals surface area contributed by atoms with Gasteiger partial charge in [-0.2, -0.15) is 0 Å². The van der Waals surface area contributed by atoms with Gasteiger partial charge in [-0.05, 0) is 31.0 Å². The van der Waals surface area contributed by atoms with Crippen molar-refractivity contribution in [3.63, 3.8) is 0 Å². The lowest BCUT2D eigenvalue weighted by Gasteiger charge is -2.42. The molecule has 6 unspecified atom stereocenters. The minimum atomic E-state index is -1.17. The van der Waals surface area contributed by atoms with Crippen LogP contribution in [-0.4, -0.2) is 62.1 Å². The Balaban J connectivity index is 1.61. The van der Waals surface area contributed by atoms with Gasteiger partial charge in [-0.3, -0.25) is 9.59 Å². The standard InChI is InChI=1S/C26H29NO8/c1-3-26(33)9-12-7-14-21(25(32)20-13(23(14)30)5-4-6-16(20)28)24(31)19(12)17(10-26)35-18-8-15(27)22(29)11(2)34-18/h4-7,11,15,17-18,22,28-29,31,33H,3,8-10,27H2,1-2H3. The SMILES string of the molecule is CCC1(O)Cc2cc3c(c(O)c2C(OC2CC(N)C(O)C(C)O2)C1)C(=O)c1c(O)cccc1C3=O. The molecule has 9 heteroatoms. The van der Waals surface area contributed by atoms with E-state index in [1.165, 1.54) is 24.3 Å². The maximum absolute atomic E-state index is 13.4. The van der Waals surface area contributed by atoms with Crippen LogP contribution in [0.2, 0.25) is 0 Å². The molecular formula is C26H29NO8. The minimum absolute atomic E-state index is 0.0242. The van der Waals surface area contributed by atoms with Gasteiger partial charge in [0.15, 0.2) is 12.1 Å². The molecule has 2 aromatic carbocycles. The lowest BCUT2D eigenvalue weighted by atomic mass is 9.73. The van der Waals surface area contributed by atoms with Gasteiger partial charge in [0, 0.05) is 42.0 Å². The summed E-state index contributed by atoms with van der Waals surface area (Å²) in [5.41, 5.74) is 5.42. The van der Waals surface area contributed by atoms with Gasteiger partial charge in [0.1, 0.15) is 11.5 Å². The number of nitrogens with two attached hydrogens (primary N) is 1. The van der Waals surface area contributed by atoms with E-state index in [4.69, 9.17) is 15.2 Å². The van der Waals surface area contributed by atoms with Gasteiger partial charge in [0.25, 0.3) is 0 Å². The Morgan fingerprint density at radius 1 is 1.17 bits per heavy atom. The van der Waals surface area contributed by atoms with Crippen LogP contribution in [0.15, 0.2) is 24.3 Å². The number of phenolic OH excluding ortho intramolecular Hbond substituents is 2. The molecule has 0 aromatic heterocycles. The largest absolute Gasteiger partial charge is 0.507 e. The summed E-state index contributed by atoms with van der Waals surface area (Å²) in [4.78, 5) is 26.6. The summed E-state index contributed by atoms with van der Waals surface area (Å²) >= 11 is 0. The van der Waals surface area contributed by atoms with Gasteiger partial charge in [-0.15, -0.1) is 0 Å². The topological polar surface area (TPSA) is 160 Å². The van der Waals surface area contributed by atoms with E-state index in [1.54, 1.807) is 6.92 Å². The summed E-state index contributed by atoms with van der Waals surface area (Å²) in [6.07, 6.45) is -2.21. The lowest BCUT2D eigenvalue weighted by molar-refractivity contribution is -0.247. The molecule has 186 valence electrons. The Bertz CT molecular complexity index is 1210. The van der Waals surface area contributed by atoms with Gasteiger partial charge in [0.2, 0.25) is 5.78 Å². The van der Waals surface area contributed by atoms with Crippen molar-refractivity contribution in [3.05, 3.63) is 57.6 Å². The highest BCUT2D eigenvalue weighted by atomic mass is 16.7. The Labute approximate surface area is 202 Å². The van der Waals surface area contributed by atoms with Gasteiger partial charge < -0.3 is 35.6 Å². The highest BCUT2D eigenvalue weighted by molar-refractivity contribution is 6.30. The smallest absolute Gasteiger partial charge is 0.201 e. The first-order chi connectivity index (χ1) is 16.5. The predicted molar refractivity (Wildman–Crippen MR) is 123 cm³/mol. The van der Waals surface area contributed by atoms with Crippen molar-refractivity contribution in [1.82, 2.24) is 0 Å². The van der Waals surface area contributed by atoms with Crippen LogP contribution in [0, 0.1) is 0 Å². The second-order valence-electron chi connectivity index (χ2n) is 9.82. The van der Waals surface area contributed by atoms with Gasteiger partial charge in [0.05, 0.1) is 35.0 Å². The minimum Gasteiger partial charge on any atom is -0.507 e. The number of hydrogen-bond donors (Lipinski definition) is 5. The highest BCUT2D eigenvalue weighted by Gasteiger charge is 2.45. The fourth-order valence-electron chi connectivity index (χ4n) is 5.51. The Morgan fingerprint density at radius 3 is 2.60 bits per heavy atom. The van der Waals surface area contributed by atoms with E-state index >= 15 is 0 Å². The van der Waals surface area contributed by atoms with Crippen LogP contribution in [0.5, 0.6) is 11.5 Å². The molecule has 6 atom stereocenters. The van der Waals surface area contributed by atoms with Crippen LogP contribution in [0.4, 0.5) is 0 Å². The molecule has 1 saturated heterocycles. The number of carbonyl (C=O) groups excluding carboxylic acids is 2. The first-order valence-corrected chi connectivity index (χ1v) is 11.8. The van der Waals surface area contributed by atoms with Gasteiger partial charge in [-0.25, -0.2) is 0 Å². The normalized spacial score (nSPS) is 32.1. The van der Waals surface area contributed by atoms with Crippen molar-refractivity contribution >= 4 is 11.6 Å². The Morgan fingerprint density at radius 2 is 1.91 bits per heavy atom. The second-order valence-corrected chi connectivity index (χ2v) is 9.82. The number of aromatic hydroxyl groups is 2. The number of ketones is 2. The maximum atomic E-state index is 13.4. The Hall–Kier alpha value is -2.82. The van der Waals surface area contributed by atoms with E-state index in [2.05, 4.69) is 0 Å². The van der Waals surface area contributed by atoms with Crippen LogP contribution in [0.1, 0.15) is 82.2 Å². The zero-order chi connectivity index (χ0) is 25.2. The number of carbonyl (C=O) groups is 2. The monoisotopic (exact) mass is 483 g/mol. The van der Waals surface area contributed by atoms with E-state index in [0.717, 1.165) is 0 Å². The molecule has 0 radical (unpaired) electrons. The third-order valence-electron chi connectivity index (χ3n) is 7.54. The first kappa shape index (κ1) is 23.9. The third-order valence-corrected chi connectivity index (χ3v) is 7.54. The molecule has 0 saturated carbocycles. The van der Waals surface area contributed by atoms with Crippen molar-refractivity contribution in [2.45, 2.75) is 75.8 Å². The van der Waals surface area contributed by atoms with Crippen molar-refractivity contribution < 1.29 is 39.5 Å². The van der Waals surface area contributed by atoms with Crippen molar-refractivity contribution in [1.29, 1.82) is 0 Å². The summed E-state index contributed by atoms with van der Waals surface area (Å²) in [7, 11) is 0. The molecule has 2 aromatic rings. The number of ether oxygens (including phenoxy) is 2. The molecule has 2 aliphatic carbocycles. The molecule has 5 rings (SSSR count). The molecule has 0 bridgehead atoms. The van der Waals surface area contributed by atoms with Crippen LogP contribution in [0.25, 0.3) is 0 Å². The number of hydrogen-bond acceptors (Lipinski definition) is 9. The molecule has 1 heterocycles. The van der Waals surface area contributed by atoms with Crippen LogP contribution < -0.4 is 5.73 Å². The summed E-state index contributed by atoms with van der Waals surface area (Å²) in [5, 5.41) is 43.0. The first-order valence-electron chi connectivity index (χ1n) is 11.8. The number of benzene rings is 2. The molecular weight excluding hydrogens is 454 g/mol. The van der Waals surface area contributed by atoms with Gasteiger partial charge in [-0.1, -0.05) is 19.1 Å². The molecule has 0 spiro atoms. The number of aliphatic hydroxyl groups excluding tert-OH is 1. The molecule has 3 aliphatic rings. The Kier molecular flexibility index (Phi) is 5.73. The lowest BCUT2D eigenvalue weighted by Crippen LogP contribution is -2.52. The van der Waals surface area contributed by atoms with E-state index in [-0.39, 0.29) is 47.3 Å². The summed E-state index contributed by atoms with van der Waals surface area (Å²) < 4.78 is 12.0.